The van der Waals surface area contributed by atoms with Crippen LogP contribution in [0.1, 0.15) is 25.7 Å². The summed E-state index contributed by atoms with van der Waals surface area (Å²) in [5.74, 6) is 1.24. The molecule has 10 heteroatoms. The minimum absolute atomic E-state index is 0.0647. The molecule has 0 atom stereocenters. The molecule has 1 N–H and O–H groups in total. The normalized spacial score (nSPS) is 22.1. The van der Waals surface area contributed by atoms with Crippen molar-refractivity contribution >= 4 is 11.9 Å². The number of hydrogen-bond donors (Lipinski definition) is 1. The third-order valence-electron chi connectivity index (χ3n) is 5.61. The number of benzene rings is 1. The maximum atomic E-state index is 13.4. The van der Waals surface area contributed by atoms with Crippen LogP contribution in [-0.2, 0) is 11.8 Å². The lowest BCUT2D eigenvalue weighted by Crippen LogP contribution is -2.50. The van der Waals surface area contributed by atoms with Crippen LogP contribution in [0.15, 0.2) is 18.2 Å². The molecule has 1 amide bonds. The summed E-state index contributed by atoms with van der Waals surface area (Å²) in [7, 11) is 3.33. The van der Waals surface area contributed by atoms with Gasteiger partial charge in [0.2, 0.25) is 11.9 Å². The van der Waals surface area contributed by atoms with E-state index in [9.17, 15) is 9.18 Å². The molecule has 2 aliphatic rings. The van der Waals surface area contributed by atoms with E-state index in [0.29, 0.717) is 24.3 Å². The van der Waals surface area contributed by atoms with Gasteiger partial charge in [0.15, 0.2) is 11.5 Å². The Labute approximate surface area is 168 Å². The molecule has 0 unspecified atom stereocenters. The minimum atomic E-state index is -0.377. The number of nitrogens with one attached hydrogen (secondary N) is 1. The maximum absolute atomic E-state index is 13.4. The fourth-order valence-corrected chi connectivity index (χ4v) is 3.83. The Morgan fingerprint density at radius 1 is 1.24 bits per heavy atom. The first-order chi connectivity index (χ1) is 14.0. The van der Waals surface area contributed by atoms with Gasteiger partial charge in [-0.15, -0.1) is 0 Å². The van der Waals surface area contributed by atoms with Gasteiger partial charge < -0.3 is 19.7 Å². The molecule has 4 rings (SSSR count). The van der Waals surface area contributed by atoms with E-state index in [1.807, 2.05) is 7.05 Å². The molecule has 1 aliphatic carbocycles. The van der Waals surface area contributed by atoms with E-state index in [4.69, 9.17) is 9.47 Å². The number of aryl methyl sites for hydroxylation is 1. The number of rotatable bonds is 6. The van der Waals surface area contributed by atoms with Crippen molar-refractivity contribution in [3.8, 4) is 11.5 Å². The van der Waals surface area contributed by atoms with Crippen LogP contribution in [0, 0.1) is 11.7 Å². The van der Waals surface area contributed by atoms with Crippen LogP contribution in [0.2, 0.25) is 0 Å². The molecule has 0 bridgehead atoms. The summed E-state index contributed by atoms with van der Waals surface area (Å²) in [4.78, 5) is 14.7. The van der Waals surface area contributed by atoms with Gasteiger partial charge in [-0.1, -0.05) is 5.10 Å². The topological polar surface area (TPSA) is 94.4 Å². The van der Waals surface area contributed by atoms with Crippen molar-refractivity contribution in [2.24, 2.45) is 13.0 Å². The Bertz CT molecular complexity index is 861. The predicted octanol–water partition coefficient (Wildman–Crippen LogP) is 1.30. The van der Waals surface area contributed by atoms with Crippen molar-refractivity contribution in [2.75, 3.05) is 25.1 Å². The number of carbonyl (C=O) groups is 1. The molecule has 1 aromatic carbocycles. The van der Waals surface area contributed by atoms with E-state index in [1.54, 1.807) is 4.68 Å². The summed E-state index contributed by atoms with van der Waals surface area (Å²) in [6, 6.07) is 4.33. The van der Waals surface area contributed by atoms with Crippen molar-refractivity contribution < 1.29 is 18.7 Å². The molecule has 1 saturated heterocycles. The van der Waals surface area contributed by atoms with Crippen LogP contribution >= 0.6 is 0 Å². The summed E-state index contributed by atoms with van der Waals surface area (Å²) in [5.41, 5.74) is 0. The maximum Gasteiger partial charge on any atom is 0.245 e. The van der Waals surface area contributed by atoms with Gasteiger partial charge in [-0.05, 0) is 48.2 Å². The van der Waals surface area contributed by atoms with Crippen molar-refractivity contribution in [3.05, 3.63) is 24.0 Å². The van der Waals surface area contributed by atoms with Gasteiger partial charge in [0.05, 0.1) is 7.11 Å². The van der Waals surface area contributed by atoms with Crippen LogP contribution in [0.5, 0.6) is 11.5 Å². The quantitative estimate of drug-likeness (QED) is 0.775. The lowest BCUT2D eigenvalue weighted by atomic mass is 9.81. The predicted molar refractivity (Wildman–Crippen MR) is 102 cm³/mol. The second-order valence-electron chi connectivity index (χ2n) is 7.58. The number of halogens is 1. The Morgan fingerprint density at radius 3 is 2.66 bits per heavy atom. The molecule has 0 radical (unpaired) electrons. The smallest absolute Gasteiger partial charge is 0.245 e. The number of piperidine rings is 1. The van der Waals surface area contributed by atoms with Gasteiger partial charge >= 0.3 is 0 Å². The molecule has 29 heavy (non-hydrogen) atoms. The van der Waals surface area contributed by atoms with Gasteiger partial charge in [0.25, 0.3) is 0 Å². The number of anilines is 1. The van der Waals surface area contributed by atoms with Crippen molar-refractivity contribution in [3.63, 3.8) is 0 Å². The Balaban J connectivity index is 1.22. The Hall–Kier alpha value is -2.91. The first-order valence-electron chi connectivity index (χ1n) is 9.81. The molecule has 2 fully saturated rings. The highest BCUT2D eigenvalue weighted by Crippen LogP contribution is 2.36. The number of ether oxygens (including phenoxy) is 2. The zero-order chi connectivity index (χ0) is 20.4. The average molecular weight is 404 g/mol. The van der Waals surface area contributed by atoms with Crippen LogP contribution in [0.4, 0.5) is 10.3 Å². The molecule has 156 valence electrons. The number of nitrogens with zero attached hydrogens (tertiary/aromatic N) is 5. The van der Waals surface area contributed by atoms with Crippen LogP contribution in [0.25, 0.3) is 0 Å². The van der Waals surface area contributed by atoms with E-state index in [-0.39, 0.29) is 29.8 Å². The SMILES string of the molecule is COc1ccc(F)cc1O[C@H]1C[C@H](C(=O)NC2CCN(c3nnnn3C)CC2)C1. The van der Waals surface area contributed by atoms with E-state index in [2.05, 4.69) is 25.7 Å². The molecule has 1 saturated carbocycles. The third kappa shape index (κ3) is 4.25. The molecule has 1 aromatic heterocycles. The largest absolute Gasteiger partial charge is 0.493 e. The van der Waals surface area contributed by atoms with Gasteiger partial charge in [-0.2, -0.15) is 0 Å². The van der Waals surface area contributed by atoms with Gasteiger partial charge in [-0.25, -0.2) is 9.07 Å². The molecular formula is C19H25FN6O3. The highest BCUT2D eigenvalue weighted by atomic mass is 19.1. The lowest BCUT2D eigenvalue weighted by molar-refractivity contribution is -0.131. The Morgan fingerprint density at radius 2 is 2.00 bits per heavy atom. The van der Waals surface area contributed by atoms with E-state index < -0.39 is 0 Å². The lowest BCUT2D eigenvalue weighted by Gasteiger charge is -2.37. The third-order valence-corrected chi connectivity index (χ3v) is 5.61. The first-order valence-corrected chi connectivity index (χ1v) is 9.81. The average Bonchev–Trinajstić information content (AvgIpc) is 3.11. The zero-order valence-corrected chi connectivity index (χ0v) is 16.5. The van der Waals surface area contributed by atoms with E-state index in [0.717, 1.165) is 31.9 Å². The molecule has 9 nitrogen and oxygen atoms in total. The molecule has 0 spiro atoms. The molecule has 2 heterocycles. The molecule has 1 aliphatic heterocycles. The number of aromatic nitrogens is 4. The number of methoxy groups -OCH3 is 1. The molecular weight excluding hydrogens is 379 g/mol. The van der Waals surface area contributed by atoms with Crippen molar-refractivity contribution in [1.82, 2.24) is 25.5 Å². The Kier molecular flexibility index (Phi) is 5.50. The second-order valence-corrected chi connectivity index (χ2v) is 7.58. The van der Waals surface area contributed by atoms with Crippen LogP contribution in [0.3, 0.4) is 0 Å². The van der Waals surface area contributed by atoms with Crippen molar-refractivity contribution in [2.45, 2.75) is 37.8 Å². The monoisotopic (exact) mass is 404 g/mol. The van der Waals surface area contributed by atoms with Gasteiger partial charge in [0.1, 0.15) is 11.9 Å². The summed E-state index contributed by atoms with van der Waals surface area (Å²) in [6.07, 6.45) is 2.84. The number of hydrogen-bond acceptors (Lipinski definition) is 7. The van der Waals surface area contributed by atoms with Gasteiger partial charge in [0, 0.05) is 38.2 Å². The number of carbonyl (C=O) groups excluding carboxylic acids is 1. The summed E-state index contributed by atoms with van der Waals surface area (Å²) < 4.78 is 26.1. The summed E-state index contributed by atoms with van der Waals surface area (Å²) in [5, 5.41) is 14.7. The number of tetrazole rings is 1. The first kappa shape index (κ1) is 19.4. The standard InChI is InChI=1S/C19H25FN6O3/c1-25-19(22-23-24-25)26-7-5-14(6-8-26)21-18(27)12-9-15(10-12)29-17-11-13(20)3-4-16(17)28-2/h3-4,11-12,14-15H,5-10H2,1-2H3,(H,21,27)/t12-,15-. The number of amides is 1. The van der Waals surface area contributed by atoms with E-state index in [1.165, 1.54) is 25.3 Å². The molecule has 2 aromatic rings. The van der Waals surface area contributed by atoms with Crippen LogP contribution < -0.4 is 19.7 Å². The fourth-order valence-electron chi connectivity index (χ4n) is 3.83. The van der Waals surface area contributed by atoms with Crippen LogP contribution in [-0.4, -0.2) is 58.5 Å². The van der Waals surface area contributed by atoms with Gasteiger partial charge in [-0.3, -0.25) is 4.79 Å². The van der Waals surface area contributed by atoms with Crippen molar-refractivity contribution in [1.29, 1.82) is 0 Å². The van der Waals surface area contributed by atoms with E-state index >= 15 is 0 Å². The minimum Gasteiger partial charge on any atom is -0.493 e. The fraction of sp³-hybridized carbons (Fsp3) is 0.579. The summed E-state index contributed by atoms with van der Waals surface area (Å²) in [6.45, 7) is 1.60. The zero-order valence-electron chi connectivity index (χ0n) is 16.5. The summed E-state index contributed by atoms with van der Waals surface area (Å²) >= 11 is 0. The second kappa shape index (κ2) is 8.22. The highest BCUT2D eigenvalue weighted by molar-refractivity contribution is 5.80. The highest BCUT2D eigenvalue weighted by Gasteiger charge is 2.37.